The Morgan fingerprint density at radius 1 is 1.07 bits per heavy atom. The molecule has 0 bridgehead atoms. The average Bonchev–Trinajstić information content (AvgIpc) is 3.02. The number of carbonyl (C=O) groups is 1. The summed E-state index contributed by atoms with van der Waals surface area (Å²) in [7, 11) is 4.49. The van der Waals surface area contributed by atoms with Crippen LogP contribution in [0.4, 0.5) is 33.5 Å². The van der Waals surface area contributed by atoms with Crippen molar-refractivity contribution < 1.29 is 14.3 Å². The molecule has 1 aliphatic heterocycles. The summed E-state index contributed by atoms with van der Waals surface area (Å²) in [4.78, 5) is 28.1. The molecule has 1 aliphatic rings. The number of rotatable bonds is 10. The van der Waals surface area contributed by atoms with Crippen LogP contribution in [0.5, 0.6) is 11.5 Å². The highest BCUT2D eigenvalue weighted by atomic mass is 35.5. The molecule has 4 N–H and O–H groups in total. The zero-order valence-corrected chi connectivity index (χ0v) is 26.5. The normalized spacial score (nSPS) is 13.8. The van der Waals surface area contributed by atoms with Gasteiger partial charge in [-0.1, -0.05) is 29.3 Å². The lowest BCUT2D eigenvalue weighted by atomic mass is 10.1. The molecule has 2 heterocycles. The molecular formula is C30H38Cl2N8O3. The van der Waals surface area contributed by atoms with Crippen LogP contribution in [-0.2, 0) is 6.42 Å². The maximum absolute atomic E-state index is 13.2. The minimum absolute atomic E-state index is 0.143. The summed E-state index contributed by atoms with van der Waals surface area (Å²) >= 11 is 12.9. The van der Waals surface area contributed by atoms with E-state index in [4.69, 9.17) is 38.4 Å². The predicted octanol–water partition coefficient (Wildman–Crippen LogP) is 5.76. The molecular weight excluding hydrogens is 591 g/mol. The van der Waals surface area contributed by atoms with Crippen molar-refractivity contribution in [3.8, 4) is 11.5 Å². The van der Waals surface area contributed by atoms with E-state index in [1.165, 1.54) is 31.1 Å². The molecule has 2 aromatic carbocycles. The number of piperazine rings is 1. The van der Waals surface area contributed by atoms with Crippen LogP contribution in [0.2, 0.25) is 10.0 Å². The summed E-state index contributed by atoms with van der Waals surface area (Å²) in [5.74, 6) is 1.47. The molecule has 0 spiro atoms. The van der Waals surface area contributed by atoms with Crippen molar-refractivity contribution in [2.24, 2.45) is 5.73 Å². The number of nitrogens with two attached hydrogens (primary N) is 1. The number of benzene rings is 2. The van der Waals surface area contributed by atoms with E-state index in [0.29, 0.717) is 35.6 Å². The quantitative estimate of drug-likeness (QED) is 0.257. The number of anilines is 5. The van der Waals surface area contributed by atoms with Gasteiger partial charge in [-0.15, -0.1) is 0 Å². The maximum Gasteiger partial charge on any atom is 0.327 e. The van der Waals surface area contributed by atoms with Crippen LogP contribution in [-0.4, -0.2) is 74.4 Å². The van der Waals surface area contributed by atoms with Crippen LogP contribution in [0.15, 0.2) is 48.9 Å². The number of halogens is 2. The molecule has 2 amide bonds. The summed E-state index contributed by atoms with van der Waals surface area (Å²) in [6, 6.07) is 9.58. The third kappa shape index (κ3) is 7.54. The summed E-state index contributed by atoms with van der Waals surface area (Å²) in [5, 5.41) is 6.39. The molecule has 0 saturated carbocycles. The fraction of sp³-hybridized carbons (Fsp3) is 0.367. The Hall–Kier alpha value is -3.93. The molecule has 3 aromatic rings. The number of aromatic nitrogens is 2. The van der Waals surface area contributed by atoms with Crippen molar-refractivity contribution in [3.63, 3.8) is 0 Å². The van der Waals surface area contributed by atoms with E-state index in [2.05, 4.69) is 56.4 Å². The zero-order chi connectivity index (χ0) is 31.1. The second-order valence-corrected chi connectivity index (χ2v) is 11.0. The van der Waals surface area contributed by atoms with Gasteiger partial charge < -0.3 is 30.7 Å². The monoisotopic (exact) mass is 628 g/mol. The first kappa shape index (κ1) is 32.0. The molecule has 230 valence electrons. The maximum atomic E-state index is 13.2. The van der Waals surface area contributed by atoms with Crippen LogP contribution in [0, 0.1) is 0 Å². The number of amides is 2. The number of nitrogens with zero attached hydrogens (tertiary/aromatic N) is 5. The van der Waals surface area contributed by atoms with E-state index in [1.54, 1.807) is 25.4 Å². The Bertz CT molecular complexity index is 1430. The molecule has 0 atom stereocenters. The van der Waals surface area contributed by atoms with Gasteiger partial charge in [-0.05, 0) is 50.2 Å². The topological polar surface area (TPSA) is 121 Å². The first-order valence-corrected chi connectivity index (χ1v) is 14.6. The van der Waals surface area contributed by atoms with Gasteiger partial charge in [-0.3, -0.25) is 9.80 Å². The lowest BCUT2D eigenvalue weighted by Crippen LogP contribution is -2.48. The van der Waals surface area contributed by atoms with Gasteiger partial charge >= 0.3 is 6.03 Å². The molecule has 0 radical (unpaired) electrons. The number of hydrogen-bond acceptors (Lipinski definition) is 9. The molecule has 0 aliphatic carbocycles. The smallest absolute Gasteiger partial charge is 0.327 e. The molecule has 43 heavy (non-hydrogen) atoms. The first-order valence-electron chi connectivity index (χ1n) is 13.9. The second kappa shape index (κ2) is 14.5. The number of urea groups is 1. The minimum Gasteiger partial charge on any atom is -0.495 e. The third-order valence-electron chi connectivity index (χ3n) is 7.34. The van der Waals surface area contributed by atoms with Crippen molar-refractivity contribution in [3.05, 3.63) is 64.5 Å². The Morgan fingerprint density at radius 2 is 1.74 bits per heavy atom. The Labute approximate surface area is 262 Å². The van der Waals surface area contributed by atoms with Gasteiger partial charge in [0.25, 0.3) is 0 Å². The Morgan fingerprint density at radius 3 is 2.35 bits per heavy atom. The largest absolute Gasteiger partial charge is 0.495 e. The van der Waals surface area contributed by atoms with Gasteiger partial charge in [0, 0.05) is 62.8 Å². The summed E-state index contributed by atoms with van der Waals surface area (Å²) < 4.78 is 10.6. The zero-order valence-electron chi connectivity index (χ0n) is 25.0. The lowest BCUT2D eigenvalue weighted by molar-refractivity contribution is 0.209. The van der Waals surface area contributed by atoms with Gasteiger partial charge in [-0.25, -0.2) is 14.8 Å². The number of nitrogens with one attached hydrogen (secondary N) is 2. The molecule has 0 unspecified atom stereocenters. The van der Waals surface area contributed by atoms with E-state index in [1.807, 2.05) is 12.1 Å². The van der Waals surface area contributed by atoms with Crippen LogP contribution < -0.4 is 35.6 Å². The highest BCUT2D eigenvalue weighted by Gasteiger charge is 2.23. The van der Waals surface area contributed by atoms with Crippen molar-refractivity contribution in [2.75, 3.05) is 67.9 Å². The van der Waals surface area contributed by atoms with E-state index in [9.17, 15) is 4.79 Å². The standard InChI is InChI=1S/C30H38Cl2N8O3/c1-19(2)39-11-13-40(14-12-39)21-8-9-22(20(15-21)7-6-10-33)36-25-17-26(35-18-34-25)38(3)30(41)37-29-27(31)23(42-4)16-24(43-5)28(29)32/h6,8-10,15-19H,7,11-14,33H2,1-5H3,(H,37,41)(H,34,35,36). The van der Waals surface area contributed by atoms with Crippen molar-refractivity contribution in [1.82, 2.24) is 14.9 Å². The Kier molecular flexibility index (Phi) is 10.8. The van der Waals surface area contributed by atoms with Gasteiger partial charge in [0.1, 0.15) is 39.5 Å². The van der Waals surface area contributed by atoms with Crippen LogP contribution in [0.1, 0.15) is 19.4 Å². The van der Waals surface area contributed by atoms with E-state index in [0.717, 1.165) is 37.4 Å². The summed E-state index contributed by atoms with van der Waals surface area (Å²) in [6.45, 7) is 8.48. The third-order valence-corrected chi connectivity index (χ3v) is 8.09. The van der Waals surface area contributed by atoms with E-state index < -0.39 is 6.03 Å². The van der Waals surface area contributed by atoms with E-state index in [-0.39, 0.29) is 15.7 Å². The van der Waals surface area contributed by atoms with Gasteiger partial charge in [-0.2, -0.15) is 0 Å². The number of allylic oxidation sites excluding steroid dienone is 1. The molecule has 4 rings (SSSR count). The molecule has 13 heteroatoms. The van der Waals surface area contributed by atoms with Crippen LogP contribution in [0.3, 0.4) is 0 Å². The molecule has 1 aromatic heterocycles. The second-order valence-electron chi connectivity index (χ2n) is 10.3. The van der Waals surface area contributed by atoms with Gasteiger partial charge in [0.2, 0.25) is 0 Å². The number of ether oxygens (including phenoxy) is 2. The number of carbonyl (C=O) groups excluding carboxylic acids is 1. The molecule has 1 fully saturated rings. The Balaban J connectivity index is 1.52. The van der Waals surface area contributed by atoms with Crippen LogP contribution >= 0.6 is 23.2 Å². The van der Waals surface area contributed by atoms with Gasteiger partial charge in [0.05, 0.1) is 19.9 Å². The summed E-state index contributed by atoms with van der Waals surface area (Å²) in [6.07, 6.45) is 5.49. The number of hydrogen-bond donors (Lipinski definition) is 3. The van der Waals surface area contributed by atoms with Crippen molar-refractivity contribution in [2.45, 2.75) is 26.3 Å². The molecule has 11 nitrogen and oxygen atoms in total. The minimum atomic E-state index is -0.528. The lowest BCUT2D eigenvalue weighted by Gasteiger charge is -2.38. The number of methoxy groups -OCH3 is 2. The van der Waals surface area contributed by atoms with Crippen molar-refractivity contribution >= 4 is 57.9 Å². The SMILES string of the molecule is COc1cc(OC)c(Cl)c(NC(=O)N(C)c2cc(Nc3ccc(N4CCN(C(C)C)CC4)cc3CC=CN)ncn2)c1Cl. The highest BCUT2D eigenvalue weighted by Crippen LogP contribution is 2.44. The predicted molar refractivity (Wildman–Crippen MR) is 175 cm³/mol. The first-order chi connectivity index (χ1) is 20.7. The van der Waals surface area contributed by atoms with E-state index >= 15 is 0 Å². The summed E-state index contributed by atoms with van der Waals surface area (Å²) in [5.41, 5.74) is 8.95. The molecule has 1 saturated heterocycles. The van der Waals surface area contributed by atoms with Gasteiger partial charge in [0.15, 0.2) is 0 Å². The fourth-order valence-corrected chi connectivity index (χ4v) is 5.38. The van der Waals surface area contributed by atoms with Crippen molar-refractivity contribution in [1.29, 1.82) is 0 Å². The highest BCUT2D eigenvalue weighted by molar-refractivity contribution is 6.41. The average molecular weight is 630 g/mol. The fourth-order valence-electron chi connectivity index (χ4n) is 4.79. The van der Waals surface area contributed by atoms with Crippen LogP contribution in [0.25, 0.3) is 0 Å².